The molecule has 102 valence electrons. The number of rotatable bonds is 4. The van der Waals surface area contributed by atoms with E-state index in [1.807, 2.05) is 30.3 Å². The van der Waals surface area contributed by atoms with Crippen LogP contribution in [0, 0.1) is 0 Å². The molecule has 0 aliphatic carbocycles. The van der Waals surface area contributed by atoms with Gasteiger partial charge in [-0.3, -0.25) is 4.79 Å². The van der Waals surface area contributed by atoms with Gasteiger partial charge >= 0.3 is 5.97 Å². The van der Waals surface area contributed by atoms with Crippen molar-refractivity contribution in [3.63, 3.8) is 0 Å². The van der Waals surface area contributed by atoms with Crippen molar-refractivity contribution in [2.24, 2.45) is 5.73 Å². The van der Waals surface area contributed by atoms with Crippen LogP contribution >= 0.6 is 21.4 Å². The SMILES string of the molecule is CCOC(=O)C(N)Cc1ccccc1.[O-][S+](Cl)Cl. The van der Waals surface area contributed by atoms with E-state index in [1.54, 1.807) is 6.92 Å². The van der Waals surface area contributed by atoms with Crippen LogP contribution in [0.5, 0.6) is 0 Å². The second-order valence-electron chi connectivity index (χ2n) is 3.23. The molecule has 0 aromatic heterocycles. The highest BCUT2D eigenvalue weighted by atomic mass is 36.0. The van der Waals surface area contributed by atoms with E-state index in [1.165, 1.54) is 0 Å². The predicted molar refractivity (Wildman–Crippen MR) is 74.6 cm³/mol. The Morgan fingerprint density at radius 2 is 1.94 bits per heavy atom. The van der Waals surface area contributed by atoms with Crippen molar-refractivity contribution in [1.82, 2.24) is 0 Å². The molecule has 0 aliphatic heterocycles. The second kappa shape index (κ2) is 10.5. The van der Waals surface area contributed by atoms with Crippen molar-refractivity contribution < 1.29 is 14.1 Å². The van der Waals surface area contributed by atoms with E-state index in [-0.39, 0.29) is 5.97 Å². The minimum absolute atomic E-state index is 0.337. The molecule has 1 rings (SSSR count). The molecule has 1 unspecified atom stereocenters. The van der Waals surface area contributed by atoms with Gasteiger partial charge in [0.1, 0.15) is 6.04 Å². The molecule has 0 saturated carbocycles. The lowest BCUT2D eigenvalue weighted by Gasteiger charge is -2.09. The number of esters is 1. The smallest absolute Gasteiger partial charge is 0.323 e. The molecule has 0 bridgehead atoms. The zero-order chi connectivity index (χ0) is 14.0. The summed E-state index contributed by atoms with van der Waals surface area (Å²) in [5.74, 6) is -0.337. The quantitative estimate of drug-likeness (QED) is 0.683. The Labute approximate surface area is 119 Å². The summed E-state index contributed by atoms with van der Waals surface area (Å²) in [7, 11) is 7.36. The van der Waals surface area contributed by atoms with Gasteiger partial charge in [0.2, 0.25) is 0 Å². The number of halogens is 2. The summed E-state index contributed by atoms with van der Waals surface area (Å²) >= 11 is 0. The molecule has 4 nitrogen and oxygen atoms in total. The summed E-state index contributed by atoms with van der Waals surface area (Å²) < 4.78 is 13.9. The lowest BCUT2D eigenvalue weighted by atomic mass is 10.1. The molecule has 0 radical (unpaired) electrons. The fourth-order valence-electron chi connectivity index (χ4n) is 1.20. The average molecular weight is 312 g/mol. The van der Waals surface area contributed by atoms with E-state index in [9.17, 15) is 4.79 Å². The third-order valence-electron chi connectivity index (χ3n) is 1.89. The molecule has 0 saturated heterocycles. The largest absolute Gasteiger partial charge is 0.582 e. The summed E-state index contributed by atoms with van der Waals surface area (Å²) in [5.41, 5.74) is 6.71. The summed E-state index contributed by atoms with van der Waals surface area (Å²) in [5, 5.41) is 0. The van der Waals surface area contributed by atoms with E-state index >= 15 is 0 Å². The molecule has 2 N–H and O–H groups in total. The van der Waals surface area contributed by atoms with Gasteiger partial charge in [-0.15, -0.1) is 0 Å². The van der Waals surface area contributed by atoms with Gasteiger partial charge in [0, 0.05) is 0 Å². The first-order valence-electron chi connectivity index (χ1n) is 5.17. The molecule has 0 amide bonds. The van der Waals surface area contributed by atoms with Crippen LogP contribution < -0.4 is 5.73 Å². The summed E-state index contributed by atoms with van der Waals surface area (Å²) in [4.78, 5) is 11.2. The van der Waals surface area contributed by atoms with Crippen LogP contribution in [0.25, 0.3) is 0 Å². The fraction of sp³-hybridized carbons (Fsp3) is 0.364. The molecule has 1 aromatic carbocycles. The molecule has 0 aliphatic rings. The molecular formula is C11H15Cl2NO3S. The average Bonchev–Trinajstić information content (AvgIpc) is 2.30. The van der Waals surface area contributed by atoms with Crippen molar-refractivity contribution in [2.75, 3.05) is 6.61 Å². The van der Waals surface area contributed by atoms with E-state index < -0.39 is 15.6 Å². The molecule has 0 fully saturated rings. The van der Waals surface area contributed by atoms with E-state index in [0.29, 0.717) is 13.0 Å². The molecule has 7 heteroatoms. The Morgan fingerprint density at radius 1 is 1.44 bits per heavy atom. The Morgan fingerprint density at radius 3 is 2.39 bits per heavy atom. The summed E-state index contributed by atoms with van der Waals surface area (Å²) in [6.45, 7) is 2.15. The van der Waals surface area contributed by atoms with Crippen molar-refractivity contribution in [3.8, 4) is 0 Å². The van der Waals surface area contributed by atoms with Gasteiger partial charge in [-0.1, -0.05) is 30.3 Å². The topological polar surface area (TPSA) is 75.4 Å². The summed E-state index contributed by atoms with van der Waals surface area (Å²) in [6, 6.07) is 9.11. The van der Waals surface area contributed by atoms with E-state index in [0.717, 1.165) is 5.56 Å². The molecule has 0 spiro atoms. The Hall–Kier alpha value is -0.460. The van der Waals surface area contributed by atoms with Crippen LogP contribution in [0.3, 0.4) is 0 Å². The minimum atomic E-state index is -1.67. The third kappa shape index (κ3) is 9.56. The van der Waals surface area contributed by atoms with E-state index in [2.05, 4.69) is 21.4 Å². The standard InChI is InChI=1S/C11H15NO2.Cl2OS/c1-2-14-11(13)10(12)8-9-6-4-3-5-7-9;1-4(2)3/h3-7,10H,2,8,12H2,1H3;. The van der Waals surface area contributed by atoms with Crippen LogP contribution in [0.1, 0.15) is 12.5 Å². The highest BCUT2D eigenvalue weighted by Crippen LogP contribution is 2.02. The maximum Gasteiger partial charge on any atom is 0.323 e. The highest BCUT2D eigenvalue weighted by molar-refractivity contribution is 8.31. The van der Waals surface area contributed by atoms with E-state index in [4.69, 9.17) is 15.0 Å². The zero-order valence-electron chi connectivity index (χ0n) is 9.84. The van der Waals surface area contributed by atoms with Gasteiger partial charge in [-0.05, 0) is 18.9 Å². The first-order valence-corrected chi connectivity index (χ1v) is 7.98. The Balaban J connectivity index is 0.000000631. The van der Waals surface area contributed by atoms with Gasteiger partial charge in [0.05, 0.1) is 6.61 Å². The lowest BCUT2D eigenvalue weighted by Crippen LogP contribution is -2.34. The lowest BCUT2D eigenvalue weighted by molar-refractivity contribution is -0.144. The molecule has 1 aromatic rings. The Kier molecular flexibility index (Phi) is 10.2. The second-order valence-corrected chi connectivity index (χ2v) is 5.76. The van der Waals surface area contributed by atoms with Gasteiger partial charge in [-0.25, -0.2) is 0 Å². The van der Waals surface area contributed by atoms with Crippen LogP contribution in [0.4, 0.5) is 0 Å². The zero-order valence-corrected chi connectivity index (χ0v) is 12.2. The Bertz CT molecular complexity index is 336. The normalized spacial score (nSPS) is 11.4. The number of carbonyl (C=O) groups excluding carboxylic acids is 1. The van der Waals surface area contributed by atoms with Crippen molar-refractivity contribution >= 4 is 36.9 Å². The predicted octanol–water partition coefficient (Wildman–Crippen LogP) is 2.16. The van der Waals surface area contributed by atoms with Gasteiger partial charge in [0.25, 0.3) is 0 Å². The van der Waals surface area contributed by atoms with Gasteiger partial charge in [0.15, 0.2) is 31.0 Å². The van der Waals surface area contributed by atoms with Crippen molar-refractivity contribution in [1.29, 1.82) is 0 Å². The number of hydrogen-bond donors (Lipinski definition) is 1. The first-order chi connectivity index (χ1) is 8.47. The highest BCUT2D eigenvalue weighted by Gasteiger charge is 2.14. The maximum atomic E-state index is 11.2. The molecule has 18 heavy (non-hydrogen) atoms. The monoisotopic (exact) mass is 311 g/mol. The van der Waals surface area contributed by atoms with Gasteiger partial charge in [-0.2, -0.15) is 0 Å². The number of hydrogen-bond acceptors (Lipinski definition) is 4. The van der Waals surface area contributed by atoms with Crippen LogP contribution in [0.15, 0.2) is 30.3 Å². The van der Waals surface area contributed by atoms with Crippen molar-refractivity contribution in [2.45, 2.75) is 19.4 Å². The molecule has 0 heterocycles. The van der Waals surface area contributed by atoms with Gasteiger partial charge < -0.3 is 15.0 Å². The molecule has 1 atom stereocenters. The number of carbonyl (C=O) groups is 1. The summed E-state index contributed by atoms with van der Waals surface area (Å²) in [6.07, 6.45) is 0.527. The number of ether oxygens (including phenoxy) is 1. The minimum Gasteiger partial charge on any atom is -0.582 e. The first kappa shape index (κ1) is 17.5. The third-order valence-corrected chi connectivity index (χ3v) is 1.89. The number of benzene rings is 1. The van der Waals surface area contributed by atoms with Crippen LogP contribution in [0.2, 0.25) is 0 Å². The van der Waals surface area contributed by atoms with Crippen LogP contribution in [-0.4, -0.2) is 23.2 Å². The van der Waals surface area contributed by atoms with Crippen molar-refractivity contribution in [3.05, 3.63) is 35.9 Å². The van der Waals surface area contributed by atoms with Crippen LogP contribution in [-0.2, 0) is 25.6 Å². The maximum absolute atomic E-state index is 11.2. The fourth-order valence-corrected chi connectivity index (χ4v) is 1.20. The molecular weight excluding hydrogens is 297 g/mol. The number of nitrogens with two attached hydrogens (primary N) is 1.